The summed E-state index contributed by atoms with van der Waals surface area (Å²) in [7, 11) is 0. The third-order valence-corrected chi connectivity index (χ3v) is 3.59. The van der Waals surface area contributed by atoms with Gasteiger partial charge in [0, 0.05) is 5.92 Å². The molecule has 98 valence electrons. The standard InChI is InChI=1S/C14H14N2O3/c17-12-7-16(8-13(18)15-12)14(19)11-6-10(11)9-4-2-1-3-5-9/h1-5,10-11H,6-8H2,(H,15,17,18). The predicted octanol–water partition coefficient (Wildman–Crippen LogP) is 0.275. The van der Waals surface area contributed by atoms with Gasteiger partial charge in [-0.2, -0.15) is 0 Å². The monoisotopic (exact) mass is 258 g/mol. The minimum Gasteiger partial charge on any atom is -0.324 e. The number of nitrogens with one attached hydrogen (secondary N) is 1. The Kier molecular flexibility index (Phi) is 2.81. The van der Waals surface area contributed by atoms with Crippen molar-refractivity contribution >= 4 is 17.7 Å². The number of nitrogens with zero attached hydrogens (tertiary/aromatic N) is 1. The van der Waals surface area contributed by atoms with Gasteiger partial charge in [-0.1, -0.05) is 30.3 Å². The highest BCUT2D eigenvalue weighted by atomic mass is 16.2. The SMILES string of the molecule is O=C1CN(C(=O)C2CC2c2ccccc2)CC(=O)N1. The summed E-state index contributed by atoms with van der Waals surface area (Å²) in [5.74, 6) is -0.741. The van der Waals surface area contributed by atoms with Crippen LogP contribution in [-0.4, -0.2) is 35.7 Å². The zero-order chi connectivity index (χ0) is 13.4. The van der Waals surface area contributed by atoms with Gasteiger partial charge >= 0.3 is 0 Å². The minimum atomic E-state index is -0.401. The second-order valence-electron chi connectivity index (χ2n) is 5.03. The average Bonchev–Trinajstić information content (AvgIpc) is 3.18. The van der Waals surface area contributed by atoms with E-state index in [2.05, 4.69) is 5.32 Å². The van der Waals surface area contributed by atoms with Crippen LogP contribution in [0.3, 0.4) is 0 Å². The number of amides is 3. The van der Waals surface area contributed by atoms with Gasteiger partial charge in [0.25, 0.3) is 0 Å². The Labute approximate surface area is 110 Å². The maximum absolute atomic E-state index is 12.2. The van der Waals surface area contributed by atoms with Crippen molar-refractivity contribution in [3.8, 4) is 0 Å². The van der Waals surface area contributed by atoms with Gasteiger partial charge in [-0.15, -0.1) is 0 Å². The van der Waals surface area contributed by atoms with Crippen LogP contribution in [0.4, 0.5) is 0 Å². The van der Waals surface area contributed by atoms with Crippen LogP contribution in [0, 0.1) is 5.92 Å². The van der Waals surface area contributed by atoms with E-state index < -0.39 is 11.8 Å². The Bertz CT molecular complexity index is 525. The summed E-state index contributed by atoms with van der Waals surface area (Å²) in [5.41, 5.74) is 1.15. The van der Waals surface area contributed by atoms with Crippen LogP contribution in [0.25, 0.3) is 0 Å². The number of carbonyl (C=O) groups is 3. The van der Waals surface area contributed by atoms with Crippen molar-refractivity contribution in [1.82, 2.24) is 10.2 Å². The first-order valence-electron chi connectivity index (χ1n) is 6.31. The summed E-state index contributed by atoms with van der Waals surface area (Å²) in [6, 6.07) is 9.86. The Balaban J connectivity index is 1.67. The zero-order valence-electron chi connectivity index (χ0n) is 10.3. The van der Waals surface area contributed by atoms with E-state index in [1.54, 1.807) is 0 Å². The summed E-state index contributed by atoms with van der Waals surface area (Å²) in [4.78, 5) is 36.1. The van der Waals surface area contributed by atoms with E-state index in [1.807, 2.05) is 30.3 Å². The fourth-order valence-corrected chi connectivity index (χ4v) is 2.56. The maximum Gasteiger partial charge on any atom is 0.246 e. The van der Waals surface area contributed by atoms with Crippen LogP contribution in [0.5, 0.6) is 0 Å². The van der Waals surface area contributed by atoms with Gasteiger partial charge in [-0.25, -0.2) is 0 Å². The quantitative estimate of drug-likeness (QED) is 0.775. The van der Waals surface area contributed by atoms with Crippen molar-refractivity contribution in [3.05, 3.63) is 35.9 Å². The van der Waals surface area contributed by atoms with Crippen molar-refractivity contribution in [2.24, 2.45) is 5.92 Å². The third-order valence-electron chi connectivity index (χ3n) is 3.59. The van der Waals surface area contributed by atoms with Crippen LogP contribution in [0.2, 0.25) is 0 Å². The van der Waals surface area contributed by atoms with Gasteiger partial charge in [0.05, 0.1) is 0 Å². The van der Waals surface area contributed by atoms with E-state index in [4.69, 9.17) is 0 Å². The molecular formula is C14H14N2O3. The summed E-state index contributed by atoms with van der Waals surface area (Å²) >= 11 is 0. The molecule has 3 rings (SSSR count). The van der Waals surface area contributed by atoms with Gasteiger partial charge < -0.3 is 4.90 Å². The molecule has 19 heavy (non-hydrogen) atoms. The van der Waals surface area contributed by atoms with E-state index in [0.717, 1.165) is 12.0 Å². The first-order chi connectivity index (χ1) is 9.15. The van der Waals surface area contributed by atoms with E-state index in [0.29, 0.717) is 0 Å². The molecule has 5 heteroatoms. The molecule has 0 spiro atoms. The molecule has 0 radical (unpaired) electrons. The summed E-state index contributed by atoms with van der Waals surface area (Å²) in [6.45, 7) is -0.0227. The van der Waals surface area contributed by atoms with E-state index in [1.165, 1.54) is 4.90 Å². The number of rotatable bonds is 2. The van der Waals surface area contributed by atoms with E-state index in [9.17, 15) is 14.4 Å². The molecule has 1 N–H and O–H groups in total. The third kappa shape index (κ3) is 2.36. The number of hydrogen-bond acceptors (Lipinski definition) is 3. The lowest BCUT2D eigenvalue weighted by Gasteiger charge is -2.25. The molecular weight excluding hydrogens is 244 g/mol. The van der Waals surface area contributed by atoms with Crippen molar-refractivity contribution in [3.63, 3.8) is 0 Å². The maximum atomic E-state index is 12.2. The molecule has 1 aliphatic heterocycles. The van der Waals surface area contributed by atoms with Crippen LogP contribution in [-0.2, 0) is 14.4 Å². The van der Waals surface area contributed by atoms with Crippen LogP contribution >= 0.6 is 0 Å². The lowest BCUT2D eigenvalue weighted by molar-refractivity contribution is -0.146. The Hall–Kier alpha value is -2.17. The topological polar surface area (TPSA) is 66.5 Å². The second kappa shape index (κ2) is 4.50. The largest absolute Gasteiger partial charge is 0.324 e. The van der Waals surface area contributed by atoms with Crippen molar-refractivity contribution in [2.45, 2.75) is 12.3 Å². The molecule has 1 aromatic rings. The lowest BCUT2D eigenvalue weighted by atomic mass is 10.1. The molecule has 0 aromatic heterocycles. The Morgan fingerprint density at radius 2 is 1.74 bits per heavy atom. The molecule has 0 bridgehead atoms. The second-order valence-corrected chi connectivity index (χ2v) is 5.03. The molecule has 2 atom stereocenters. The van der Waals surface area contributed by atoms with E-state index in [-0.39, 0.29) is 30.8 Å². The van der Waals surface area contributed by atoms with Crippen molar-refractivity contribution in [1.29, 1.82) is 0 Å². The zero-order valence-corrected chi connectivity index (χ0v) is 10.3. The molecule has 1 heterocycles. The lowest BCUT2D eigenvalue weighted by Crippen LogP contribution is -2.53. The summed E-state index contributed by atoms with van der Waals surface area (Å²) in [5, 5.41) is 2.19. The van der Waals surface area contributed by atoms with Crippen molar-refractivity contribution < 1.29 is 14.4 Å². The van der Waals surface area contributed by atoms with Gasteiger partial charge in [0.1, 0.15) is 13.1 Å². The first-order valence-corrected chi connectivity index (χ1v) is 6.31. The Morgan fingerprint density at radius 1 is 1.11 bits per heavy atom. The highest BCUT2D eigenvalue weighted by molar-refractivity contribution is 6.03. The normalized spacial score (nSPS) is 26.0. The van der Waals surface area contributed by atoms with E-state index >= 15 is 0 Å². The molecule has 3 amide bonds. The summed E-state index contributed by atoms with van der Waals surface area (Å²) < 4.78 is 0. The number of imide groups is 1. The molecule has 1 saturated carbocycles. The molecule has 1 aliphatic carbocycles. The molecule has 2 aliphatic rings. The van der Waals surface area contributed by atoms with Gasteiger partial charge in [-0.3, -0.25) is 19.7 Å². The minimum absolute atomic E-state index is 0.0113. The fraction of sp³-hybridized carbons (Fsp3) is 0.357. The van der Waals surface area contributed by atoms with Gasteiger partial charge in [0.15, 0.2) is 0 Å². The molecule has 5 nitrogen and oxygen atoms in total. The van der Waals surface area contributed by atoms with Crippen LogP contribution in [0.1, 0.15) is 17.9 Å². The van der Waals surface area contributed by atoms with Gasteiger partial charge in [-0.05, 0) is 17.9 Å². The highest BCUT2D eigenvalue weighted by Crippen LogP contribution is 2.48. The first kappa shape index (κ1) is 11.9. The highest BCUT2D eigenvalue weighted by Gasteiger charge is 2.46. The smallest absolute Gasteiger partial charge is 0.246 e. The molecule has 1 saturated heterocycles. The molecule has 2 fully saturated rings. The fourth-order valence-electron chi connectivity index (χ4n) is 2.56. The summed E-state index contributed by atoms with van der Waals surface area (Å²) in [6.07, 6.45) is 0.801. The Morgan fingerprint density at radius 3 is 2.37 bits per heavy atom. The molecule has 2 unspecified atom stereocenters. The van der Waals surface area contributed by atoms with Gasteiger partial charge in [0.2, 0.25) is 17.7 Å². The number of hydrogen-bond donors (Lipinski definition) is 1. The van der Waals surface area contributed by atoms with Crippen molar-refractivity contribution in [2.75, 3.05) is 13.1 Å². The predicted molar refractivity (Wildman–Crippen MR) is 67.0 cm³/mol. The number of piperazine rings is 1. The van der Waals surface area contributed by atoms with Crippen LogP contribution < -0.4 is 5.32 Å². The van der Waals surface area contributed by atoms with Crippen LogP contribution in [0.15, 0.2) is 30.3 Å². The number of benzene rings is 1. The average molecular weight is 258 g/mol. The number of carbonyl (C=O) groups excluding carboxylic acids is 3. The molecule has 1 aromatic carbocycles.